The van der Waals surface area contributed by atoms with Crippen molar-refractivity contribution in [1.29, 1.82) is 0 Å². The van der Waals surface area contributed by atoms with Gasteiger partial charge in [0.1, 0.15) is 0 Å². The predicted molar refractivity (Wildman–Crippen MR) is 228 cm³/mol. The molecule has 254 valence electrons. The van der Waals surface area contributed by atoms with Crippen LogP contribution in [0.5, 0.6) is 0 Å². The fourth-order valence-electron chi connectivity index (χ4n) is 6.94. The van der Waals surface area contributed by atoms with Crippen molar-refractivity contribution < 1.29 is 0 Å². The molecule has 6 aromatic carbocycles. The van der Waals surface area contributed by atoms with E-state index < -0.39 is 11.3 Å². The number of hydrogen-bond acceptors (Lipinski definition) is 1. The zero-order valence-corrected chi connectivity index (χ0v) is 33.1. The first-order valence-corrected chi connectivity index (χ1v) is 25.0. The minimum absolute atomic E-state index is 0.988. The van der Waals surface area contributed by atoms with Crippen LogP contribution in [0.15, 0.2) is 182 Å². The first-order chi connectivity index (χ1) is 23.7. The van der Waals surface area contributed by atoms with Crippen LogP contribution in [0, 0.1) is 0 Å². The molecule has 0 aliphatic carbocycles. The Bertz CT molecular complexity index is 1660. The van der Waals surface area contributed by atoms with E-state index >= 15 is 0 Å². The number of hydrogen-bond donors (Lipinski definition) is 0. The molecular weight excluding hydrogens is 720 g/mol. The average molecular weight is 769 g/mol. The summed E-state index contributed by atoms with van der Waals surface area (Å²) in [4.78, 5) is 2.28. The molecule has 0 amide bonds. The topological polar surface area (TPSA) is 3.24 Å². The zero-order chi connectivity index (χ0) is 34.7. The molecule has 0 heterocycles. The second-order valence-electron chi connectivity index (χ2n) is 13.0. The van der Waals surface area contributed by atoms with E-state index in [1.807, 2.05) is 0 Å². The summed E-state index contributed by atoms with van der Waals surface area (Å²) in [5, 5.41) is 5.20. The molecule has 0 saturated heterocycles. The third-order valence-corrected chi connectivity index (χ3v) is 27.1. The van der Waals surface area contributed by atoms with E-state index in [1.165, 1.54) is 31.8 Å². The second-order valence-corrected chi connectivity index (χ2v) is 28.6. The third-order valence-electron chi connectivity index (χ3n) is 9.67. The van der Waals surface area contributed by atoms with Gasteiger partial charge < -0.3 is 0 Å². The molecule has 0 bridgehead atoms. The molecule has 5 heteroatoms. The van der Waals surface area contributed by atoms with E-state index in [0.29, 0.717) is 0 Å². The fraction of sp³-hybridized carbons (Fsp3) is 0.182. The maximum atomic E-state index is 7.88. The van der Waals surface area contributed by atoms with Crippen LogP contribution >= 0.6 is 38.0 Å². The Morgan fingerprint density at radius 1 is 0.449 bits per heavy atom. The minimum atomic E-state index is -2.98. The van der Waals surface area contributed by atoms with E-state index in [-0.39, 0.29) is 0 Å². The van der Waals surface area contributed by atoms with Gasteiger partial charge in [-0.2, -0.15) is 0 Å². The van der Waals surface area contributed by atoms with Crippen molar-refractivity contribution in [3.05, 3.63) is 182 Å². The van der Waals surface area contributed by atoms with Gasteiger partial charge in [-0.1, -0.05) is 0 Å². The SMILES string of the molecule is CCCCP(Cl)(c1ccccc1)(c1ccccc1)c1ccccc1.CN(C)CCP(Br)(c1ccccc1)(c1ccccc1)c1ccccc1. The summed E-state index contributed by atoms with van der Waals surface area (Å²) in [6, 6.07) is 65.0. The Morgan fingerprint density at radius 2 is 0.714 bits per heavy atom. The molecule has 6 rings (SSSR count). The van der Waals surface area contributed by atoms with Gasteiger partial charge in [0.05, 0.1) is 0 Å². The molecule has 0 spiro atoms. The summed E-state index contributed by atoms with van der Waals surface area (Å²) < 4.78 is 0. The van der Waals surface area contributed by atoms with Gasteiger partial charge in [-0.05, 0) is 0 Å². The normalized spacial score (nSPS) is 13.3. The van der Waals surface area contributed by atoms with Crippen LogP contribution in [0.25, 0.3) is 0 Å². The Balaban J connectivity index is 0.000000191. The molecule has 0 atom stereocenters. The summed E-state index contributed by atoms with van der Waals surface area (Å²) in [6.45, 7) is 3.25. The van der Waals surface area contributed by atoms with E-state index in [2.05, 4.69) is 223 Å². The van der Waals surface area contributed by atoms with E-state index in [1.54, 1.807) is 0 Å². The molecule has 49 heavy (non-hydrogen) atoms. The van der Waals surface area contributed by atoms with Gasteiger partial charge in [-0.15, -0.1) is 0 Å². The Labute approximate surface area is 307 Å². The van der Waals surface area contributed by atoms with Gasteiger partial charge in [-0.3, -0.25) is 0 Å². The number of unbranched alkanes of at least 4 members (excludes halogenated alkanes) is 1. The molecule has 0 unspecified atom stereocenters. The van der Waals surface area contributed by atoms with Gasteiger partial charge in [0.2, 0.25) is 0 Å². The van der Waals surface area contributed by atoms with Gasteiger partial charge in [0, 0.05) is 0 Å². The number of nitrogens with zero attached hydrogens (tertiary/aromatic N) is 1. The van der Waals surface area contributed by atoms with Gasteiger partial charge >= 0.3 is 309 Å². The van der Waals surface area contributed by atoms with Gasteiger partial charge in [-0.25, -0.2) is 0 Å². The standard InChI is InChI=1S/C22H25BrNP.C22H24ClP/c1-24(2)18-19-25(23,20-12-6-3-7-13-20,21-14-8-4-9-15-21)22-16-10-5-11-17-22;1-2-3-19-24(23,20-13-7-4-8-14-20,21-15-9-5-10-16-21)22-17-11-6-12-18-22/h3-17H,18-19H2,1-2H3;4-18H,2-3,19H2,1H3. The van der Waals surface area contributed by atoms with E-state index in [9.17, 15) is 0 Å². The molecule has 0 radical (unpaired) electrons. The van der Waals surface area contributed by atoms with Crippen molar-refractivity contribution in [2.24, 2.45) is 0 Å². The summed E-state index contributed by atoms with van der Waals surface area (Å²) in [5.74, 6) is -2.98. The molecular formula is C44H49BrClNP2. The summed E-state index contributed by atoms with van der Waals surface area (Å²) in [5.41, 5.74) is 0. The van der Waals surface area contributed by atoms with Crippen molar-refractivity contribution in [2.75, 3.05) is 33.0 Å². The van der Waals surface area contributed by atoms with Crippen molar-refractivity contribution >= 4 is 69.8 Å². The Hall–Kier alpha value is -3.09. The fourth-order valence-corrected chi connectivity index (χ4v) is 20.7. The number of benzene rings is 6. The Morgan fingerprint density at radius 3 is 0.959 bits per heavy atom. The summed E-state index contributed by atoms with van der Waals surface area (Å²) in [7, 11) is 4.30. The van der Waals surface area contributed by atoms with Crippen LogP contribution in [0.3, 0.4) is 0 Å². The molecule has 0 aliphatic heterocycles. The Kier molecular flexibility index (Phi) is 12.4. The van der Waals surface area contributed by atoms with Crippen LogP contribution in [0.4, 0.5) is 0 Å². The van der Waals surface area contributed by atoms with Gasteiger partial charge in [0.25, 0.3) is 0 Å². The van der Waals surface area contributed by atoms with Crippen molar-refractivity contribution in [2.45, 2.75) is 19.8 Å². The molecule has 6 aromatic rings. The first-order valence-electron chi connectivity index (χ1n) is 17.2. The monoisotopic (exact) mass is 767 g/mol. The zero-order valence-electron chi connectivity index (χ0n) is 29.0. The molecule has 0 saturated carbocycles. The van der Waals surface area contributed by atoms with E-state index in [0.717, 1.165) is 31.7 Å². The van der Waals surface area contributed by atoms with Crippen LogP contribution in [0.1, 0.15) is 19.8 Å². The van der Waals surface area contributed by atoms with Crippen molar-refractivity contribution in [1.82, 2.24) is 4.90 Å². The second kappa shape index (κ2) is 16.3. The van der Waals surface area contributed by atoms with Gasteiger partial charge in [0.15, 0.2) is 0 Å². The molecule has 0 aromatic heterocycles. The summed E-state index contributed by atoms with van der Waals surface area (Å²) >= 11 is 12.3. The number of rotatable bonds is 12. The average Bonchev–Trinajstić information content (AvgIpc) is 3.18. The molecule has 0 N–H and O–H groups in total. The molecule has 1 nitrogen and oxygen atoms in total. The number of halogens is 2. The van der Waals surface area contributed by atoms with Crippen LogP contribution < -0.4 is 31.8 Å². The van der Waals surface area contributed by atoms with Crippen molar-refractivity contribution in [3.8, 4) is 0 Å². The first kappa shape index (κ1) is 37.2. The van der Waals surface area contributed by atoms with Crippen LogP contribution in [-0.4, -0.2) is 37.9 Å². The molecule has 0 aliphatic rings. The molecule has 0 fully saturated rings. The predicted octanol–water partition coefficient (Wildman–Crippen LogP) is 9.86. The third kappa shape index (κ3) is 7.37. The quantitative estimate of drug-likeness (QED) is 0.112. The summed E-state index contributed by atoms with van der Waals surface area (Å²) in [6.07, 6.45) is 4.29. The van der Waals surface area contributed by atoms with Crippen LogP contribution in [-0.2, 0) is 0 Å². The van der Waals surface area contributed by atoms with Crippen LogP contribution in [0.2, 0.25) is 0 Å². The van der Waals surface area contributed by atoms with E-state index in [4.69, 9.17) is 11.2 Å². The maximum absolute atomic E-state index is 7.88. The van der Waals surface area contributed by atoms with Crippen molar-refractivity contribution in [3.63, 3.8) is 0 Å².